The molecule has 0 nitrogen and oxygen atoms in total. The number of hydrogen-bond acceptors (Lipinski definition) is 1. The first kappa shape index (κ1) is 19.9. The van der Waals surface area contributed by atoms with Gasteiger partial charge in [0.25, 0.3) is 0 Å². The third-order valence-electron chi connectivity index (χ3n) is 1.37. The standard InChI is InChI=1S/C11H16.C2H6.CH4S/c1-5-7-9-11(4)10(3)8-6-2;2*1-2/h6-8H,3,5H2,1-2,4H3;1-2H3;2H,1H3/b8-6-;;. The zero-order valence-corrected chi connectivity index (χ0v) is 12.0. The highest BCUT2D eigenvalue weighted by Gasteiger charge is 1.86. The van der Waals surface area contributed by atoms with E-state index in [1.54, 1.807) is 6.26 Å². The molecule has 0 rings (SSSR count). The molecule has 15 heavy (non-hydrogen) atoms. The normalized spacial score (nSPS) is 7.67. The van der Waals surface area contributed by atoms with E-state index in [-0.39, 0.29) is 0 Å². The van der Waals surface area contributed by atoms with Crippen molar-refractivity contribution in [1.82, 2.24) is 0 Å². The second-order valence-corrected chi connectivity index (χ2v) is 2.41. The Hall–Kier alpha value is -0.650. The van der Waals surface area contributed by atoms with Crippen LogP contribution in [0.3, 0.4) is 0 Å². The summed E-state index contributed by atoms with van der Waals surface area (Å²) in [6.45, 7) is 14.0. The molecule has 0 aliphatic rings. The van der Waals surface area contributed by atoms with Crippen molar-refractivity contribution in [2.45, 2.75) is 41.0 Å². The number of allylic oxidation sites excluding steroid dienone is 4. The minimum absolute atomic E-state index is 1.03. The summed E-state index contributed by atoms with van der Waals surface area (Å²) in [5.41, 5.74) is 5.31. The highest BCUT2D eigenvalue weighted by molar-refractivity contribution is 7.79. The summed E-state index contributed by atoms with van der Waals surface area (Å²) in [5, 5.41) is 0. The smallest absolute Gasteiger partial charge is 0.00284 e. The summed E-state index contributed by atoms with van der Waals surface area (Å²) in [7, 11) is 0. The Bertz CT molecular complexity index is 215. The molecule has 0 amide bonds. The first-order chi connectivity index (χ1) is 7.22. The molecule has 0 saturated heterocycles. The van der Waals surface area contributed by atoms with Crippen LogP contribution in [0.5, 0.6) is 0 Å². The third kappa shape index (κ3) is 16.1. The van der Waals surface area contributed by atoms with E-state index in [0.29, 0.717) is 0 Å². The average molecular weight is 226 g/mol. The van der Waals surface area contributed by atoms with Crippen molar-refractivity contribution in [1.29, 1.82) is 0 Å². The molecule has 0 heterocycles. The van der Waals surface area contributed by atoms with Crippen molar-refractivity contribution in [3.63, 3.8) is 0 Å². The lowest BCUT2D eigenvalue weighted by Crippen LogP contribution is -1.74. The van der Waals surface area contributed by atoms with Gasteiger partial charge in [0.15, 0.2) is 0 Å². The molecule has 0 spiro atoms. The van der Waals surface area contributed by atoms with Gasteiger partial charge in [-0.05, 0) is 43.7 Å². The fraction of sp³-hybridized carbons (Fsp3) is 0.500. The maximum atomic E-state index is 3.89. The van der Waals surface area contributed by atoms with Gasteiger partial charge in [-0.25, -0.2) is 0 Å². The highest BCUT2D eigenvalue weighted by Crippen LogP contribution is 2.05. The van der Waals surface area contributed by atoms with Crippen LogP contribution in [0.4, 0.5) is 0 Å². The second kappa shape index (κ2) is 19.0. The van der Waals surface area contributed by atoms with E-state index < -0.39 is 0 Å². The molecule has 0 saturated carbocycles. The average Bonchev–Trinajstić information content (AvgIpc) is 2.31. The van der Waals surface area contributed by atoms with E-state index in [1.807, 2.05) is 45.9 Å². The van der Waals surface area contributed by atoms with Crippen LogP contribution in [0.2, 0.25) is 0 Å². The van der Waals surface area contributed by atoms with Gasteiger partial charge in [-0.2, -0.15) is 12.6 Å². The van der Waals surface area contributed by atoms with Crippen LogP contribution in [-0.4, -0.2) is 6.26 Å². The zero-order chi connectivity index (χ0) is 12.7. The van der Waals surface area contributed by atoms with Crippen molar-refractivity contribution in [3.05, 3.63) is 41.7 Å². The molecule has 88 valence electrons. The van der Waals surface area contributed by atoms with E-state index in [2.05, 4.69) is 31.9 Å². The summed E-state index contributed by atoms with van der Waals surface area (Å²) in [6, 6.07) is 0. The van der Waals surface area contributed by atoms with Gasteiger partial charge in [-0.1, -0.05) is 39.5 Å². The van der Waals surface area contributed by atoms with E-state index in [0.717, 1.165) is 17.6 Å². The van der Waals surface area contributed by atoms with Crippen molar-refractivity contribution in [3.8, 4) is 0 Å². The molecular weight excluding hydrogens is 200 g/mol. The molecule has 0 aliphatic heterocycles. The molecule has 0 bridgehead atoms. The molecule has 0 unspecified atom stereocenters. The largest absolute Gasteiger partial charge is 0.183 e. The first-order valence-electron chi connectivity index (χ1n) is 5.40. The van der Waals surface area contributed by atoms with Gasteiger partial charge in [0.05, 0.1) is 0 Å². The lowest BCUT2D eigenvalue weighted by Gasteiger charge is -1.93. The summed E-state index contributed by atoms with van der Waals surface area (Å²) in [6.07, 6.45) is 8.72. The lowest BCUT2D eigenvalue weighted by atomic mass is 10.1. The van der Waals surface area contributed by atoms with Gasteiger partial charge in [0.2, 0.25) is 0 Å². The monoisotopic (exact) mass is 226 g/mol. The Kier molecular flexibility index (Phi) is 25.2. The molecule has 0 radical (unpaired) electrons. The zero-order valence-electron chi connectivity index (χ0n) is 11.1. The topological polar surface area (TPSA) is 0 Å². The van der Waals surface area contributed by atoms with Crippen LogP contribution in [0.1, 0.15) is 41.0 Å². The fourth-order valence-corrected chi connectivity index (χ4v) is 0.674. The van der Waals surface area contributed by atoms with Crippen molar-refractivity contribution < 1.29 is 0 Å². The van der Waals surface area contributed by atoms with Crippen LogP contribution >= 0.6 is 12.6 Å². The summed E-state index contributed by atoms with van der Waals surface area (Å²) < 4.78 is 0. The van der Waals surface area contributed by atoms with Crippen molar-refractivity contribution in [2.75, 3.05) is 6.26 Å². The quantitative estimate of drug-likeness (QED) is 0.381. The van der Waals surface area contributed by atoms with E-state index in [4.69, 9.17) is 0 Å². The molecule has 1 heteroatoms. The van der Waals surface area contributed by atoms with Crippen LogP contribution in [-0.2, 0) is 0 Å². The Morgan fingerprint density at radius 3 is 2.13 bits per heavy atom. The van der Waals surface area contributed by atoms with Gasteiger partial charge in [-0.15, -0.1) is 5.73 Å². The van der Waals surface area contributed by atoms with Gasteiger partial charge in [0, 0.05) is 0 Å². The van der Waals surface area contributed by atoms with Crippen LogP contribution in [0.25, 0.3) is 0 Å². The van der Waals surface area contributed by atoms with Crippen LogP contribution in [0.15, 0.2) is 41.7 Å². The summed E-state index contributed by atoms with van der Waals surface area (Å²) >= 11 is 3.53. The van der Waals surface area contributed by atoms with Crippen molar-refractivity contribution >= 4 is 12.6 Å². The predicted molar refractivity (Wildman–Crippen MR) is 77.8 cm³/mol. The lowest BCUT2D eigenvalue weighted by molar-refractivity contribution is 1.22. The SMILES string of the molecule is C=C(/C=C\C)C(C)=C=CCC.CC.CS. The minimum Gasteiger partial charge on any atom is -0.183 e. The Labute approximate surface area is 102 Å². The van der Waals surface area contributed by atoms with Crippen LogP contribution in [0, 0.1) is 0 Å². The second-order valence-electron chi connectivity index (χ2n) is 2.41. The van der Waals surface area contributed by atoms with Gasteiger partial charge in [-0.3, -0.25) is 0 Å². The van der Waals surface area contributed by atoms with E-state index in [9.17, 15) is 0 Å². The maximum absolute atomic E-state index is 3.89. The molecule has 0 atom stereocenters. The van der Waals surface area contributed by atoms with Crippen LogP contribution < -0.4 is 0 Å². The molecular formula is C14H26S. The Balaban J connectivity index is -0.000000318. The number of thiol groups is 1. The van der Waals surface area contributed by atoms with E-state index >= 15 is 0 Å². The Morgan fingerprint density at radius 1 is 1.33 bits per heavy atom. The number of rotatable bonds is 3. The molecule has 0 aromatic heterocycles. The van der Waals surface area contributed by atoms with Gasteiger partial charge >= 0.3 is 0 Å². The molecule has 0 aromatic carbocycles. The predicted octanol–water partition coefficient (Wildman–Crippen LogP) is 5.20. The molecule has 0 N–H and O–H groups in total. The van der Waals surface area contributed by atoms with Gasteiger partial charge < -0.3 is 0 Å². The minimum atomic E-state index is 1.03. The first-order valence-corrected chi connectivity index (χ1v) is 6.30. The fourth-order valence-electron chi connectivity index (χ4n) is 0.674. The van der Waals surface area contributed by atoms with E-state index in [1.165, 1.54) is 0 Å². The molecule has 0 aromatic rings. The summed E-state index contributed by atoms with van der Waals surface area (Å²) in [4.78, 5) is 0. The number of hydrogen-bond donors (Lipinski definition) is 1. The summed E-state index contributed by atoms with van der Waals surface area (Å²) in [5.74, 6) is 0. The highest BCUT2D eigenvalue weighted by atomic mass is 32.1. The van der Waals surface area contributed by atoms with Crippen molar-refractivity contribution in [2.24, 2.45) is 0 Å². The maximum Gasteiger partial charge on any atom is -0.00284 e. The third-order valence-corrected chi connectivity index (χ3v) is 1.37. The van der Waals surface area contributed by atoms with Gasteiger partial charge in [0.1, 0.15) is 0 Å². The Morgan fingerprint density at radius 2 is 1.80 bits per heavy atom. The molecule has 0 aliphatic carbocycles. The molecule has 0 fully saturated rings.